The number of hydrogen-bond acceptors (Lipinski definition) is 5. The van der Waals surface area contributed by atoms with Crippen LogP contribution in [0.4, 0.5) is 21.9 Å². The van der Waals surface area contributed by atoms with Gasteiger partial charge in [0.05, 0.1) is 10.9 Å². The maximum absolute atomic E-state index is 12.7. The van der Waals surface area contributed by atoms with Crippen molar-refractivity contribution in [2.24, 2.45) is 13.0 Å². The van der Waals surface area contributed by atoms with E-state index in [9.17, 15) is 9.59 Å². The molecule has 170 valence electrons. The van der Waals surface area contributed by atoms with Gasteiger partial charge in [0.15, 0.2) is 0 Å². The number of hydrogen-bond donors (Lipinski definition) is 1. The van der Waals surface area contributed by atoms with Gasteiger partial charge in [0.25, 0.3) is 5.56 Å². The van der Waals surface area contributed by atoms with E-state index in [-0.39, 0.29) is 5.56 Å². The number of rotatable bonds is 3. The summed E-state index contributed by atoms with van der Waals surface area (Å²) in [5.41, 5.74) is 2.59. The largest absolute Gasteiger partial charge is 0.442 e. The van der Waals surface area contributed by atoms with Gasteiger partial charge in [0.2, 0.25) is 0 Å². The number of nitrogens with zero attached hydrogens (tertiary/aromatic N) is 3. The SMILES string of the molecule is CC1CCN(c2ccc(Nc3ccc4c(=O)n(C)n(C(=O)OC(C)(C)C)c4c3)cc2)CC1. The average molecular weight is 437 g/mol. The molecule has 3 aromatic rings. The van der Waals surface area contributed by atoms with Gasteiger partial charge in [-0.2, -0.15) is 4.68 Å². The molecule has 1 aromatic heterocycles. The molecule has 0 amide bonds. The highest BCUT2D eigenvalue weighted by atomic mass is 16.6. The van der Waals surface area contributed by atoms with Gasteiger partial charge in [0, 0.05) is 37.2 Å². The topological polar surface area (TPSA) is 68.5 Å². The van der Waals surface area contributed by atoms with Gasteiger partial charge >= 0.3 is 6.09 Å². The lowest BCUT2D eigenvalue weighted by Crippen LogP contribution is -2.32. The van der Waals surface area contributed by atoms with Crippen molar-refractivity contribution >= 4 is 34.1 Å². The number of carbonyl (C=O) groups is 1. The van der Waals surface area contributed by atoms with Crippen LogP contribution in [0.5, 0.6) is 0 Å². The molecule has 1 N–H and O–H groups in total. The first-order valence-electron chi connectivity index (χ1n) is 11.2. The number of ether oxygens (including phenoxy) is 1. The minimum Gasteiger partial charge on any atom is -0.442 e. The molecule has 7 heteroatoms. The van der Waals surface area contributed by atoms with Crippen LogP contribution >= 0.6 is 0 Å². The zero-order valence-electron chi connectivity index (χ0n) is 19.5. The van der Waals surface area contributed by atoms with Crippen LogP contribution in [0.2, 0.25) is 0 Å². The van der Waals surface area contributed by atoms with Crippen LogP contribution in [0.15, 0.2) is 47.3 Å². The Balaban J connectivity index is 1.58. The van der Waals surface area contributed by atoms with E-state index in [0.29, 0.717) is 10.9 Å². The first-order valence-corrected chi connectivity index (χ1v) is 11.2. The summed E-state index contributed by atoms with van der Waals surface area (Å²) in [5, 5.41) is 3.85. The lowest BCUT2D eigenvalue weighted by molar-refractivity contribution is 0.0503. The van der Waals surface area contributed by atoms with Gasteiger partial charge in [-0.3, -0.25) is 4.79 Å². The Bertz CT molecular complexity index is 1180. The molecule has 0 radical (unpaired) electrons. The molecule has 2 aromatic carbocycles. The number of anilines is 3. The summed E-state index contributed by atoms with van der Waals surface area (Å²) in [6.07, 6.45) is 1.89. The van der Waals surface area contributed by atoms with Crippen molar-refractivity contribution < 1.29 is 9.53 Å². The van der Waals surface area contributed by atoms with E-state index in [1.807, 2.05) is 6.07 Å². The predicted octanol–water partition coefficient (Wildman–Crippen LogP) is 5.10. The fourth-order valence-corrected chi connectivity index (χ4v) is 4.11. The van der Waals surface area contributed by atoms with Crippen LogP contribution in [0, 0.1) is 5.92 Å². The van der Waals surface area contributed by atoms with Crippen molar-refractivity contribution in [1.82, 2.24) is 9.36 Å². The molecule has 0 atom stereocenters. The molecule has 0 spiro atoms. The number of aromatic nitrogens is 2. The second-order valence-corrected chi connectivity index (χ2v) is 9.69. The zero-order valence-corrected chi connectivity index (χ0v) is 19.5. The van der Waals surface area contributed by atoms with Crippen LogP contribution in [-0.2, 0) is 11.8 Å². The van der Waals surface area contributed by atoms with Crippen molar-refractivity contribution in [3.05, 3.63) is 52.8 Å². The molecular formula is C25H32N4O3. The quantitative estimate of drug-likeness (QED) is 0.618. The molecule has 32 heavy (non-hydrogen) atoms. The summed E-state index contributed by atoms with van der Waals surface area (Å²) in [7, 11) is 1.57. The van der Waals surface area contributed by atoms with E-state index in [4.69, 9.17) is 4.74 Å². The molecule has 0 aliphatic carbocycles. The summed E-state index contributed by atoms with van der Waals surface area (Å²) < 4.78 is 8.08. The van der Waals surface area contributed by atoms with Gasteiger partial charge in [-0.15, -0.1) is 0 Å². The van der Waals surface area contributed by atoms with Gasteiger partial charge in [-0.1, -0.05) is 6.92 Å². The van der Waals surface area contributed by atoms with E-state index in [2.05, 4.69) is 41.4 Å². The third-order valence-corrected chi connectivity index (χ3v) is 5.92. The standard InChI is InChI=1S/C25H32N4O3/c1-17-12-14-28(15-13-17)20-9-6-18(7-10-20)26-19-8-11-21-22(16-19)29(27(5)23(21)30)24(31)32-25(2,3)4/h6-11,16-17,26H,12-15H2,1-5H3. The molecule has 0 saturated carbocycles. The minimum absolute atomic E-state index is 0.238. The Morgan fingerprint density at radius 3 is 2.28 bits per heavy atom. The number of nitrogens with one attached hydrogen (secondary N) is 1. The molecule has 4 rings (SSSR count). The van der Waals surface area contributed by atoms with E-state index in [0.717, 1.165) is 30.4 Å². The molecule has 7 nitrogen and oxygen atoms in total. The van der Waals surface area contributed by atoms with Crippen molar-refractivity contribution in [1.29, 1.82) is 0 Å². The maximum Gasteiger partial charge on any atom is 0.434 e. The minimum atomic E-state index is -0.659. The number of fused-ring (bicyclic) bond motifs is 1. The molecule has 0 bridgehead atoms. The van der Waals surface area contributed by atoms with E-state index < -0.39 is 11.7 Å². The summed E-state index contributed by atoms with van der Waals surface area (Å²) in [6.45, 7) is 9.92. The predicted molar refractivity (Wildman–Crippen MR) is 129 cm³/mol. The van der Waals surface area contributed by atoms with Gasteiger partial charge in [-0.05, 0) is 82.0 Å². The highest BCUT2D eigenvalue weighted by molar-refractivity contribution is 5.90. The summed E-state index contributed by atoms with van der Waals surface area (Å²) in [4.78, 5) is 27.8. The van der Waals surface area contributed by atoms with E-state index >= 15 is 0 Å². The fraction of sp³-hybridized carbons (Fsp3) is 0.440. The number of piperidine rings is 1. The first kappa shape index (κ1) is 22.0. The summed E-state index contributed by atoms with van der Waals surface area (Å²) in [6, 6.07) is 13.8. The Morgan fingerprint density at radius 2 is 1.66 bits per heavy atom. The lowest BCUT2D eigenvalue weighted by Gasteiger charge is -2.32. The first-order chi connectivity index (χ1) is 15.1. The second kappa shape index (κ2) is 8.37. The third kappa shape index (κ3) is 4.52. The number of carbonyl (C=O) groups excluding carboxylic acids is 1. The molecule has 2 heterocycles. The van der Waals surface area contributed by atoms with Crippen LogP contribution < -0.4 is 15.8 Å². The molecule has 1 aliphatic rings. The van der Waals surface area contributed by atoms with Gasteiger partial charge < -0.3 is 15.0 Å². The average Bonchev–Trinajstić information content (AvgIpc) is 2.98. The Hall–Kier alpha value is -3.22. The summed E-state index contributed by atoms with van der Waals surface area (Å²) >= 11 is 0. The van der Waals surface area contributed by atoms with Gasteiger partial charge in [0.1, 0.15) is 5.60 Å². The smallest absolute Gasteiger partial charge is 0.434 e. The van der Waals surface area contributed by atoms with Crippen molar-refractivity contribution in [2.45, 2.75) is 46.1 Å². The molecular weight excluding hydrogens is 404 g/mol. The normalized spacial score (nSPS) is 15.2. The van der Waals surface area contributed by atoms with Crippen molar-refractivity contribution in [3.8, 4) is 0 Å². The lowest BCUT2D eigenvalue weighted by atomic mass is 9.99. The highest BCUT2D eigenvalue weighted by Gasteiger charge is 2.23. The Kier molecular flexibility index (Phi) is 5.75. The van der Waals surface area contributed by atoms with E-state index in [1.54, 1.807) is 40.0 Å². The van der Waals surface area contributed by atoms with Gasteiger partial charge in [-0.25, -0.2) is 9.48 Å². The monoisotopic (exact) mass is 436 g/mol. The molecule has 0 unspecified atom stereocenters. The maximum atomic E-state index is 12.7. The number of benzene rings is 2. The zero-order chi connectivity index (χ0) is 23.0. The second-order valence-electron chi connectivity index (χ2n) is 9.69. The van der Waals surface area contributed by atoms with Crippen LogP contribution in [0.1, 0.15) is 40.5 Å². The van der Waals surface area contributed by atoms with E-state index in [1.165, 1.54) is 27.9 Å². The molecule has 1 fully saturated rings. The highest BCUT2D eigenvalue weighted by Crippen LogP contribution is 2.26. The Labute approximate surface area is 188 Å². The van der Waals surface area contributed by atoms with Crippen LogP contribution in [-0.4, -0.2) is 34.1 Å². The van der Waals surface area contributed by atoms with Crippen molar-refractivity contribution in [3.63, 3.8) is 0 Å². The molecule has 1 saturated heterocycles. The van der Waals surface area contributed by atoms with Crippen LogP contribution in [0.25, 0.3) is 10.9 Å². The van der Waals surface area contributed by atoms with Crippen LogP contribution in [0.3, 0.4) is 0 Å². The summed E-state index contributed by atoms with van der Waals surface area (Å²) in [5.74, 6) is 0.804. The molecule has 1 aliphatic heterocycles. The Morgan fingerprint density at radius 1 is 1.03 bits per heavy atom. The fourth-order valence-electron chi connectivity index (χ4n) is 4.11. The van der Waals surface area contributed by atoms with Crippen molar-refractivity contribution in [2.75, 3.05) is 23.3 Å². The third-order valence-electron chi connectivity index (χ3n) is 5.92.